The van der Waals surface area contributed by atoms with Crippen LogP contribution in [0.25, 0.3) is 44.6 Å². The van der Waals surface area contributed by atoms with E-state index in [1.807, 2.05) is 73.1 Å². The second-order valence-corrected chi connectivity index (χ2v) is 11.8. The highest BCUT2D eigenvalue weighted by molar-refractivity contribution is 6.30. The van der Waals surface area contributed by atoms with Crippen molar-refractivity contribution in [2.75, 3.05) is 11.5 Å². The third-order valence-corrected chi connectivity index (χ3v) is 8.05. The van der Waals surface area contributed by atoms with E-state index in [0.717, 1.165) is 44.3 Å². The molecule has 2 aromatic carbocycles. The van der Waals surface area contributed by atoms with Gasteiger partial charge in [-0.1, -0.05) is 47.5 Å². The Morgan fingerprint density at radius 1 is 0.560 bits per heavy atom. The lowest BCUT2D eigenvalue weighted by Gasteiger charge is -2.09. The number of nitrogens with zero attached hydrogens (tertiary/aromatic N) is 6. The van der Waals surface area contributed by atoms with Crippen LogP contribution in [-0.4, -0.2) is 39.9 Å². The summed E-state index contributed by atoms with van der Waals surface area (Å²) >= 11 is 11.9. The van der Waals surface area contributed by atoms with Gasteiger partial charge < -0.3 is 30.9 Å². The SMILES string of the molecule is Nc1nccc(-c2c[nH]c3nccc(OCc4ccc(Cl)cc4)c23)n1.Nc1nccc(-c2c[nH]c3nccc(OCc4cccc(Cl)c4)c23)n1. The van der Waals surface area contributed by atoms with E-state index >= 15 is 0 Å². The number of nitrogens with one attached hydrogen (secondary N) is 2. The molecule has 0 saturated heterocycles. The van der Waals surface area contributed by atoms with Gasteiger partial charge in [-0.3, -0.25) is 0 Å². The molecule has 0 radical (unpaired) electrons. The van der Waals surface area contributed by atoms with Gasteiger partial charge in [0.15, 0.2) is 0 Å². The number of hydrogen-bond donors (Lipinski definition) is 4. The van der Waals surface area contributed by atoms with Gasteiger partial charge in [0.1, 0.15) is 36.0 Å². The number of benzene rings is 2. The lowest BCUT2D eigenvalue weighted by molar-refractivity contribution is 0.310. The molecule has 0 amide bonds. The van der Waals surface area contributed by atoms with Gasteiger partial charge in [0.05, 0.1) is 22.2 Å². The Hall–Kier alpha value is -6.24. The molecule has 6 aromatic heterocycles. The average Bonchev–Trinajstić information content (AvgIpc) is 3.77. The standard InChI is InChI=1S/2C18H14ClN5O/c19-12-3-1-11(2-4-12)10-25-15-6-8-21-17-16(15)13(9-23-17)14-5-7-22-18(20)24-14;19-12-3-1-2-11(8-12)10-25-15-5-7-21-17-16(15)13(9-23-17)14-4-6-22-18(20)24-14/h2*1-9H,10H2,(H,21,23)(H2,20,22,24). The summed E-state index contributed by atoms with van der Waals surface area (Å²) in [6.07, 6.45) is 10.3. The highest BCUT2D eigenvalue weighted by Gasteiger charge is 2.15. The van der Waals surface area contributed by atoms with E-state index in [2.05, 4.69) is 39.9 Å². The molecule has 0 aliphatic heterocycles. The number of H-pyrrole nitrogens is 2. The van der Waals surface area contributed by atoms with Crippen LogP contribution in [0.2, 0.25) is 10.0 Å². The second kappa shape index (κ2) is 14.5. The van der Waals surface area contributed by atoms with E-state index in [4.69, 9.17) is 44.1 Å². The van der Waals surface area contributed by atoms with Gasteiger partial charge in [-0.2, -0.15) is 0 Å². The van der Waals surface area contributed by atoms with Crippen LogP contribution in [0.15, 0.2) is 110 Å². The summed E-state index contributed by atoms with van der Waals surface area (Å²) in [6, 6.07) is 22.4. The van der Waals surface area contributed by atoms with E-state index in [-0.39, 0.29) is 11.9 Å². The summed E-state index contributed by atoms with van der Waals surface area (Å²) in [5, 5.41) is 3.08. The molecule has 0 fully saturated rings. The van der Waals surface area contributed by atoms with E-state index in [9.17, 15) is 0 Å². The van der Waals surface area contributed by atoms with Crippen LogP contribution in [-0.2, 0) is 13.2 Å². The molecular weight excluding hydrogens is 675 g/mol. The number of rotatable bonds is 8. The first-order valence-electron chi connectivity index (χ1n) is 15.3. The smallest absolute Gasteiger partial charge is 0.220 e. The maximum atomic E-state index is 6.03. The quantitative estimate of drug-likeness (QED) is 0.123. The Morgan fingerprint density at radius 2 is 1.08 bits per heavy atom. The molecule has 0 bridgehead atoms. The summed E-state index contributed by atoms with van der Waals surface area (Å²) in [6.45, 7) is 0.822. The van der Waals surface area contributed by atoms with Crippen LogP contribution in [0.4, 0.5) is 11.9 Å². The summed E-state index contributed by atoms with van der Waals surface area (Å²) < 4.78 is 12.0. The predicted molar refractivity (Wildman–Crippen MR) is 195 cm³/mol. The molecule has 14 heteroatoms. The average molecular weight is 704 g/mol. The lowest BCUT2D eigenvalue weighted by Crippen LogP contribution is -1.97. The maximum absolute atomic E-state index is 6.03. The summed E-state index contributed by atoms with van der Waals surface area (Å²) in [7, 11) is 0. The zero-order chi connectivity index (χ0) is 34.5. The topological polar surface area (TPSA) is 179 Å². The number of fused-ring (bicyclic) bond motifs is 2. The number of nitrogens with two attached hydrogens (primary N) is 2. The minimum atomic E-state index is 0.220. The van der Waals surface area contributed by atoms with Crippen LogP contribution in [0.1, 0.15) is 11.1 Å². The Kier molecular flexibility index (Phi) is 9.36. The van der Waals surface area contributed by atoms with E-state index in [0.29, 0.717) is 46.1 Å². The largest absolute Gasteiger partial charge is 0.488 e. The number of aromatic nitrogens is 8. The highest BCUT2D eigenvalue weighted by atomic mass is 35.5. The van der Waals surface area contributed by atoms with Gasteiger partial charge in [-0.25, -0.2) is 29.9 Å². The van der Waals surface area contributed by atoms with Crippen molar-refractivity contribution in [3.63, 3.8) is 0 Å². The van der Waals surface area contributed by atoms with Crippen LogP contribution in [0.5, 0.6) is 11.5 Å². The minimum absolute atomic E-state index is 0.220. The van der Waals surface area contributed by atoms with Crippen LogP contribution < -0.4 is 20.9 Å². The molecule has 0 spiro atoms. The number of pyridine rings is 2. The van der Waals surface area contributed by atoms with Gasteiger partial charge in [-0.05, 0) is 59.7 Å². The Bertz CT molecular complexity index is 2410. The van der Waals surface area contributed by atoms with Gasteiger partial charge in [0.25, 0.3) is 0 Å². The van der Waals surface area contributed by atoms with Gasteiger partial charge in [0.2, 0.25) is 11.9 Å². The maximum Gasteiger partial charge on any atom is 0.220 e. The molecule has 8 aromatic rings. The van der Waals surface area contributed by atoms with Gasteiger partial charge in [0, 0.05) is 58.4 Å². The lowest BCUT2D eigenvalue weighted by atomic mass is 10.1. The Balaban J connectivity index is 0.000000157. The first-order chi connectivity index (χ1) is 24.4. The predicted octanol–water partition coefficient (Wildman–Crippen LogP) is 7.67. The number of hydrogen-bond acceptors (Lipinski definition) is 10. The third kappa shape index (κ3) is 7.26. The molecule has 8 rings (SSSR count). The molecule has 248 valence electrons. The fraction of sp³-hybridized carbons (Fsp3) is 0.0556. The molecule has 0 saturated carbocycles. The molecule has 0 unspecified atom stereocenters. The van der Waals surface area contributed by atoms with E-state index in [1.165, 1.54) is 0 Å². The van der Waals surface area contributed by atoms with Gasteiger partial charge in [-0.15, -0.1) is 0 Å². The van der Waals surface area contributed by atoms with E-state index in [1.54, 1.807) is 36.9 Å². The summed E-state index contributed by atoms with van der Waals surface area (Å²) in [5.74, 6) is 1.86. The molecule has 50 heavy (non-hydrogen) atoms. The molecule has 0 aliphatic carbocycles. The molecule has 0 aliphatic rings. The zero-order valence-electron chi connectivity index (χ0n) is 26.2. The van der Waals surface area contributed by atoms with Crippen molar-refractivity contribution in [3.8, 4) is 34.0 Å². The number of aromatic amines is 2. The minimum Gasteiger partial charge on any atom is -0.488 e. The van der Waals surface area contributed by atoms with Crippen molar-refractivity contribution >= 4 is 57.2 Å². The third-order valence-electron chi connectivity index (χ3n) is 7.56. The number of halogens is 2. The fourth-order valence-electron chi connectivity index (χ4n) is 5.27. The van der Waals surface area contributed by atoms with Crippen molar-refractivity contribution in [1.82, 2.24) is 39.9 Å². The molecule has 6 heterocycles. The fourth-order valence-corrected chi connectivity index (χ4v) is 5.61. The molecule has 12 nitrogen and oxygen atoms in total. The summed E-state index contributed by atoms with van der Waals surface area (Å²) in [5.41, 5.74) is 18.0. The molecular formula is C36H28Cl2N10O2. The van der Waals surface area contributed by atoms with Crippen molar-refractivity contribution in [1.29, 1.82) is 0 Å². The first kappa shape index (κ1) is 32.3. The highest BCUT2D eigenvalue weighted by Crippen LogP contribution is 2.35. The number of ether oxygens (including phenoxy) is 2. The number of nitrogen functional groups attached to an aromatic ring is 2. The van der Waals surface area contributed by atoms with Crippen molar-refractivity contribution in [2.24, 2.45) is 0 Å². The van der Waals surface area contributed by atoms with Crippen LogP contribution in [0, 0.1) is 0 Å². The number of anilines is 2. The first-order valence-corrected chi connectivity index (χ1v) is 16.0. The second-order valence-electron chi connectivity index (χ2n) is 10.9. The van der Waals surface area contributed by atoms with Crippen molar-refractivity contribution in [3.05, 3.63) is 131 Å². The van der Waals surface area contributed by atoms with E-state index < -0.39 is 0 Å². The Morgan fingerprint density at radius 3 is 1.60 bits per heavy atom. The van der Waals surface area contributed by atoms with Crippen molar-refractivity contribution in [2.45, 2.75) is 13.2 Å². The van der Waals surface area contributed by atoms with Crippen LogP contribution >= 0.6 is 23.2 Å². The monoisotopic (exact) mass is 702 g/mol. The van der Waals surface area contributed by atoms with Crippen molar-refractivity contribution < 1.29 is 9.47 Å². The van der Waals surface area contributed by atoms with Gasteiger partial charge >= 0.3 is 0 Å². The zero-order valence-corrected chi connectivity index (χ0v) is 27.7. The normalized spacial score (nSPS) is 10.9. The van der Waals surface area contributed by atoms with Crippen LogP contribution in [0.3, 0.4) is 0 Å². The molecule has 6 N–H and O–H groups in total. The molecule has 0 atom stereocenters. The Labute approximate surface area is 295 Å². The summed E-state index contributed by atoms with van der Waals surface area (Å²) in [4.78, 5) is 31.4.